The summed E-state index contributed by atoms with van der Waals surface area (Å²) in [5, 5.41) is 14.4. The maximum Gasteiger partial charge on any atom is 0.359 e. The number of esters is 1. The summed E-state index contributed by atoms with van der Waals surface area (Å²) >= 11 is 1.24. The van der Waals surface area contributed by atoms with Crippen molar-refractivity contribution in [3.05, 3.63) is 71.8 Å². The van der Waals surface area contributed by atoms with E-state index < -0.39 is 24.1 Å². The number of carbonyl (C=O) groups excluding carboxylic acids is 2. The molecule has 1 fully saturated rings. The fourth-order valence-corrected chi connectivity index (χ4v) is 3.46. The van der Waals surface area contributed by atoms with Gasteiger partial charge in [-0.2, -0.15) is 0 Å². The largest absolute Gasteiger partial charge is 0.448 e. The van der Waals surface area contributed by atoms with E-state index in [0.29, 0.717) is 5.75 Å². The number of nitrogens with zero attached hydrogens (tertiary/aromatic N) is 1. The van der Waals surface area contributed by atoms with Gasteiger partial charge in [0, 0.05) is 12.7 Å². The number of rotatable bonds is 6. The Morgan fingerprint density at radius 1 is 1.11 bits per heavy atom. The lowest BCUT2D eigenvalue weighted by Gasteiger charge is -2.20. The van der Waals surface area contributed by atoms with E-state index >= 15 is 0 Å². The van der Waals surface area contributed by atoms with Gasteiger partial charge in [0.1, 0.15) is 0 Å². The van der Waals surface area contributed by atoms with Crippen molar-refractivity contribution in [2.24, 2.45) is 5.16 Å². The highest BCUT2D eigenvalue weighted by Crippen LogP contribution is 2.26. The molecule has 144 valence electrons. The molecule has 1 aliphatic heterocycles. The van der Waals surface area contributed by atoms with Crippen molar-refractivity contribution in [2.75, 3.05) is 5.75 Å². The molecule has 1 unspecified atom stereocenters. The van der Waals surface area contributed by atoms with Crippen molar-refractivity contribution in [3.63, 3.8) is 0 Å². The van der Waals surface area contributed by atoms with E-state index in [1.165, 1.54) is 18.7 Å². The first kappa shape index (κ1) is 19.6. The molecule has 0 saturated carbocycles. The molecular formula is C20H19N3O4S. The number of ether oxygens (including phenoxy) is 1. The van der Waals surface area contributed by atoms with Gasteiger partial charge in [0.15, 0.2) is 17.0 Å². The zero-order chi connectivity index (χ0) is 19.9. The van der Waals surface area contributed by atoms with Crippen LogP contribution in [0.15, 0.2) is 65.8 Å². The minimum absolute atomic E-state index is 0.0817. The first-order valence-corrected chi connectivity index (χ1v) is 9.57. The van der Waals surface area contributed by atoms with Crippen LogP contribution in [-0.4, -0.2) is 34.6 Å². The van der Waals surface area contributed by atoms with Gasteiger partial charge in [0.25, 0.3) is 0 Å². The van der Waals surface area contributed by atoms with Gasteiger partial charge in [0.05, 0.1) is 6.04 Å². The summed E-state index contributed by atoms with van der Waals surface area (Å²) in [7, 11) is 0. The Hall–Kier alpha value is -3.13. The van der Waals surface area contributed by atoms with Gasteiger partial charge in [-0.3, -0.25) is 5.41 Å². The number of carbonyl (C=O) groups is 2. The van der Waals surface area contributed by atoms with E-state index in [1.54, 1.807) is 0 Å². The van der Waals surface area contributed by atoms with Gasteiger partial charge in [-0.1, -0.05) is 77.6 Å². The molecule has 1 aliphatic rings. The average molecular weight is 397 g/mol. The Morgan fingerprint density at radius 2 is 1.68 bits per heavy atom. The molecular weight excluding hydrogens is 378 g/mol. The molecule has 1 heterocycles. The third kappa shape index (κ3) is 4.98. The molecule has 1 atom stereocenters. The molecule has 2 aromatic rings. The summed E-state index contributed by atoms with van der Waals surface area (Å²) in [4.78, 5) is 28.8. The number of benzene rings is 2. The quantitative estimate of drug-likeness (QED) is 0.336. The number of thioether (sulfide) groups is 1. The number of amidine groups is 1. The predicted molar refractivity (Wildman–Crippen MR) is 107 cm³/mol. The molecule has 28 heavy (non-hydrogen) atoms. The van der Waals surface area contributed by atoms with Crippen LogP contribution < -0.4 is 5.32 Å². The van der Waals surface area contributed by atoms with Gasteiger partial charge >= 0.3 is 11.9 Å². The minimum Gasteiger partial charge on any atom is -0.448 e. The van der Waals surface area contributed by atoms with E-state index in [9.17, 15) is 9.59 Å². The molecule has 1 saturated heterocycles. The lowest BCUT2D eigenvalue weighted by atomic mass is 10.0. The first-order valence-electron chi connectivity index (χ1n) is 8.59. The molecule has 0 aliphatic carbocycles. The zero-order valence-electron chi connectivity index (χ0n) is 15.1. The number of hydrogen-bond acceptors (Lipinski definition) is 7. The van der Waals surface area contributed by atoms with Gasteiger partial charge in [-0.25, -0.2) is 9.59 Å². The highest BCUT2D eigenvalue weighted by atomic mass is 32.2. The van der Waals surface area contributed by atoms with Crippen LogP contribution in [0.4, 0.5) is 0 Å². The first-order chi connectivity index (χ1) is 13.5. The maximum absolute atomic E-state index is 12.9. The van der Waals surface area contributed by atoms with Crippen molar-refractivity contribution in [3.8, 4) is 0 Å². The molecule has 8 heteroatoms. The summed E-state index contributed by atoms with van der Waals surface area (Å²) in [6.07, 6.45) is -0.647. The fraction of sp³-hybridized carbons (Fsp3) is 0.200. The third-order valence-electron chi connectivity index (χ3n) is 3.94. The number of hydrogen-bond donors (Lipinski definition) is 2. The van der Waals surface area contributed by atoms with E-state index in [2.05, 4.69) is 10.5 Å². The van der Waals surface area contributed by atoms with Crippen molar-refractivity contribution >= 4 is 34.6 Å². The molecule has 3 rings (SSSR count). The lowest BCUT2D eigenvalue weighted by molar-refractivity contribution is -0.142. The van der Waals surface area contributed by atoms with E-state index in [-0.39, 0.29) is 10.9 Å². The molecule has 7 nitrogen and oxygen atoms in total. The Labute approximate surface area is 166 Å². The number of oxime groups is 1. The Morgan fingerprint density at radius 3 is 2.14 bits per heavy atom. The normalized spacial score (nSPS) is 16.6. The van der Waals surface area contributed by atoms with Gasteiger partial charge < -0.3 is 14.9 Å². The summed E-state index contributed by atoms with van der Waals surface area (Å²) in [5.41, 5.74) is 1.52. The van der Waals surface area contributed by atoms with Crippen LogP contribution in [0.1, 0.15) is 24.2 Å². The SMILES string of the molecule is CC(=O)ON=C(C(=O)OC(c1ccccc1)c1ccccc1)C1CSC(=N)N1. The van der Waals surface area contributed by atoms with E-state index in [1.807, 2.05) is 60.7 Å². The zero-order valence-corrected chi connectivity index (χ0v) is 15.9. The van der Waals surface area contributed by atoms with Crippen molar-refractivity contribution in [2.45, 2.75) is 19.1 Å². The second-order valence-electron chi connectivity index (χ2n) is 6.00. The second-order valence-corrected chi connectivity index (χ2v) is 7.03. The molecule has 0 radical (unpaired) electrons. The van der Waals surface area contributed by atoms with Crippen LogP contribution >= 0.6 is 11.8 Å². The standard InChI is InChI=1S/C20H19N3O4S/c1-13(24)27-23-17(16-12-28-20(21)22-16)19(25)26-18(14-8-4-2-5-9-14)15-10-6-3-7-11-15/h2-11,16,18H,12H2,1H3,(H2,21,22). The summed E-state index contributed by atoms with van der Waals surface area (Å²) in [6, 6.07) is 18.1. The fourth-order valence-electron chi connectivity index (χ4n) is 2.66. The third-order valence-corrected chi connectivity index (χ3v) is 4.85. The lowest BCUT2D eigenvalue weighted by Crippen LogP contribution is -2.41. The molecule has 0 aromatic heterocycles. The summed E-state index contributed by atoms with van der Waals surface area (Å²) < 4.78 is 5.78. The smallest absolute Gasteiger partial charge is 0.359 e. The summed E-state index contributed by atoms with van der Waals surface area (Å²) in [5.74, 6) is -0.949. The van der Waals surface area contributed by atoms with Crippen molar-refractivity contribution < 1.29 is 19.2 Å². The van der Waals surface area contributed by atoms with Crippen LogP contribution in [-0.2, 0) is 19.2 Å². The Kier molecular flexibility index (Phi) is 6.44. The van der Waals surface area contributed by atoms with E-state index in [4.69, 9.17) is 15.0 Å². The van der Waals surface area contributed by atoms with Crippen LogP contribution in [0.5, 0.6) is 0 Å². The molecule has 0 spiro atoms. The Balaban J connectivity index is 1.89. The van der Waals surface area contributed by atoms with Gasteiger partial charge in [0.2, 0.25) is 0 Å². The van der Waals surface area contributed by atoms with Crippen LogP contribution in [0.3, 0.4) is 0 Å². The molecule has 2 N–H and O–H groups in total. The summed E-state index contributed by atoms with van der Waals surface area (Å²) in [6.45, 7) is 1.20. The molecule has 0 bridgehead atoms. The topological polar surface area (TPSA) is 101 Å². The van der Waals surface area contributed by atoms with Crippen LogP contribution in [0.25, 0.3) is 0 Å². The second kappa shape index (κ2) is 9.18. The average Bonchev–Trinajstić information content (AvgIpc) is 3.13. The van der Waals surface area contributed by atoms with Gasteiger partial charge in [-0.05, 0) is 11.1 Å². The van der Waals surface area contributed by atoms with Crippen molar-refractivity contribution in [1.82, 2.24) is 5.32 Å². The molecule has 0 amide bonds. The minimum atomic E-state index is -0.716. The van der Waals surface area contributed by atoms with Crippen LogP contribution in [0, 0.1) is 5.41 Å². The highest BCUT2D eigenvalue weighted by molar-refractivity contribution is 8.14. The maximum atomic E-state index is 12.9. The van der Waals surface area contributed by atoms with Gasteiger partial charge in [-0.15, -0.1) is 0 Å². The highest BCUT2D eigenvalue weighted by Gasteiger charge is 2.33. The predicted octanol–water partition coefficient (Wildman–Crippen LogP) is 2.88. The van der Waals surface area contributed by atoms with E-state index in [0.717, 1.165) is 11.1 Å². The monoisotopic (exact) mass is 397 g/mol. The Bertz CT molecular complexity index is 847. The number of nitrogens with one attached hydrogen (secondary N) is 2. The van der Waals surface area contributed by atoms with Crippen LogP contribution in [0.2, 0.25) is 0 Å². The molecule has 2 aromatic carbocycles. The van der Waals surface area contributed by atoms with Crippen molar-refractivity contribution in [1.29, 1.82) is 5.41 Å².